The van der Waals surface area contributed by atoms with Crippen LogP contribution in [-0.2, 0) is 0 Å². The standard InChI is InChI=1S/C16H19IN2O/c1-3-10-18-12(2)16-9-8-15(11-19-16)20-14-6-4-13(17)5-7-14/h4-9,11-12,18H,3,10H2,1-2H3. The first kappa shape index (κ1) is 15.3. The molecule has 1 aromatic heterocycles. The minimum atomic E-state index is 0.266. The van der Waals surface area contributed by atoms with E-state index in [1.165, 1.54) is 3.57 Å². The molecule has 1 N–H and O–H groups in total. The van der Waals surface area contributed by atoms with Crippen molar-refractivity contribution < 1.29 is 4.74 Å². The first-order valence-corrected chi connectivity index (χ1v) is 7.89. The van der Waals surface area contributed by atoms with Crippen LogP contribution in [0.15, 0.2) is 42.6 Å². The quantitative estimate of drug-likeness (QED) is 0.745. The number of pyridine rings is 1. The van der Waals surface area contributed by atoms with Crippen molar-refractivity contribution in [3.63, 3.8) is 0 Å². The second kappa shape index (κ2) is 7.59. The Morgan fingerprint density at radius 1 is 1.15 bits per heavy atom. The topological polar surface area (TPSA) is 34.1 Å². The van der Waals surface area contributed by atoms with Gasteiger partial charge in [-0.25, -0.2) is 0 Å². The van der Waals surface area contributed by atoms with Crippen LogP contribution in [0.2, 0.25) is 0 Å². The highest BCUT2D eigenvalue weighted by Crippen LogP contribution is 2.22. The predicted octanol–water partition coefficient (Wildman–Crippen LogP) is 4.54. The summed E-state index contributed by atoms with van der Waals surface area (Å²) in [6.07, 6.45) is 2.90. The summed E-state index contributed by atoms with van der Waals surface area (Å²) in [4.78, 5) is 4.46. The Hall–Kier alpha value is -1.14. The second-order valence-corrected chi connectivity index (χ2v) is 5.90. The molecule has 0 spiro atoms. The Morgan fingerprint density at radius 2 is 1.85 bits per heavy atom. The average molecular weight is 382 g/mol. The van der Waals surface area contributed by atoms with Gasteiger partial charge in [0, 0.05) is 9.61 Å². The van der Waals surface area contributed by atoms with Crippen LogP contribution in [0.5, 0.6) is 11.5 Å². The molecule has 3 nitrogen and oxygen atoms in total. The number of hydrogen-bond donors (Lipinski definition) is 1. The molecule has 1 heterocycles. The van der Waals surface area contributed by atoms with Crippen molar-refractivity contribution in [2.75, 3.05) is 6.54 Å². The Bertz CT molecular complexity index is 525. The van der Waals surface area contributed by atoms with E-state index in [9.17, 15) is 0 Å². The van der Waals surface area contributed by atoms with Gasteiger partial charge in [0.2, 0.25) is 0 Å². The molecule has 0 aliphatic rings. The lowest BCUT2D eigenvalue weighted by Crippen LogP contribution is -2.20. The van der Waals surface area contributed by atoms with E-state index in [0.29, 0.717) is 0 Å². The number of hydrogen-bond acceptors (Lipinski definition) is 3. The molecule has 1 unspecified atom stereocenters. The normalized spacial score (nSPS) is 12.2. The van der Waals surface area contributed by atoms with Crippen LogP contribution in [0.25, 0.3) is 0 Å². The lowest BCUT2D eigenvalue weighted by atomic mass is 10.2. The summed E-state index contributed by atoms with van der Waals surface area (Å²) in [5.41, 5.74) is 1.04. The van der Waals surface area contributed by atoms with Crippen LogP contribution in [0.1, 0.15) is 32.0 Å². The smallest absolute Gasteiger partial charge is 0.145 e. The second-order valence-electron chi connectivity index (χ2n) is 4.65. The Kier molecular flexibility index (Phi) is 5.79. The zero-order valence-corrected chi connectivity index (χ0v) is 13.9. The van der Waals surface area contributed by atoms with Crippen molar-refractivity contribution in [2.45, 2.75) is 26.3 Å². The molecule has 0 amide bonds. The monoisotopic (exact) mass is 382 g/mol. The van der Waals surface area contributed by atoms with Crippen LogP contribution >= 0.6 is 22.6 Å². The van der Waals surface area contributed by atoms with Gasteiger partial charge in [0.15, 0.2) is 0 Å². The molecule has 0 fully saturated rings. The van der Waals surface area contributed by atoms with Crippen LogP contribution in [0.3, 0.4) is 0 Å². The average Bonchev–Trinajstić information content (AvgIpc) is 2.48. The summed E-state index contributed by atoms with van der Waals surface area (Å²) < 4.78 is 6.96. The van der Waals surface area contributed by atoms with Crippen molar-refractivity contribution in [3.05, 3.63) is 51.9 Å². The van der Waals surface area contributed by atoms with Gasteiger partial charge in [0.25, 0.3) is 0 Å². The minimum Gasteiger partial charge on any atom is -0.456 e. The van der Waals surface area contributed by atoms with Gasteiger partial charge >= 0.3 is 0 Å². The van der Waals surface area contributed by atoms with Gasteiger partial charge in [-0.1, -0.05) is 6.92 Å². The molecule has 106 valence electrons. The molecule has 2 rings (SSSR count). The van der Waals surface area contributed by atoms with E-state index in [1.54, 1.807) is 6.20 Å². The van der Waals surface area contributed by atoms with Gasteiger partial charge < -0.3 is 10.1 Å². The maximum atomic E-state index is 5.76. The Balaban J connectivity index is 1.99. The molecule has 2 aromatic rings. The number of halogens is 1. The largest absolute Gasteiger partial charge is 0.456 e. The number of nitrogens with one attached hydrogen (secondary N) is 1. The van der Waals surface area contributed by atoms with E-state index >= 15 is 0 Å². The van der Waals surface area contributed by atoms with E-state index in [1.807, 2.05) is 36.4 Å². The van der Waals surface area contributed by atoms with Gasteiger partial charge in [-0.15, -0.1) is 0 Å². The summed E-state index contributed by atoms with van der Waals surface area (Å²) >= 11 is 2.28. The molecular weight excluding hydrogens is 363 g/mol. The predicted molar refractivity (Wildman–Crippen MR) is 90.2 cm³/mol. The third kappa shape index (κ3) is 4.45. The maximum Gasteiger partial charge on any atom is 0.145 e. The van der Waals surface area contributed by atoms with Crippen LogP contribution < -0.4 is 10.1 Å². The van der Waals surface area contributed by atoms with Crippen LogP contribution in [-0.4, -0.2) is 11.5 Å². The highest BCUT2D eigenvalue weighted by atomic mass is 127. The van der Waals surface area contributed by atoms with Crippen molar-refractivity contribution in [1.29, 1.82) is 0 Å². The molecule has 1 aromatic carbocycles. The summed E-state index contributed by atoms with van der Waals surface area (Å²) in [7, 11) is 0. The fourth-order valence-corrected chi connectivity index (χ4v) is 2.17. The van der Waals surface area contributed by atoms with E-state index in [0.717, 1.165) is 30.2 Å². The van der Waals surface area contributed by atoms with Gasteiger partial charge in [0.05, 0.1) is 11.9 Å². The van der Waals surface area contributed by atoms with Gasteiger partial charge in [-0.2, -0.15) is 0 Å². The van der Waals surface area contributed by atoms with Gasteiger partial charge in [0.1, 0.15) is 11.5 Å². The Labute approximate surface area is 133 Å². The van der Waals surface area contributed by atoms with Crippen LogP contribution in [0, 0.1) is 3.57 Å². The van der Waals surface area contributed by atoms with E-state index < -0.39 is 0 Å². The first-order valence-electron chi connectivity index (χ1n) is 6.82. The molecule has 0 aliphatic carbocycles. The van der Waals surface area contributed by atoms with E-state index in [2.05, 4.69) is 46.7 Å². The fourth-order valence-electron chi connectivity index (χ4n) is 1.81. The maximum absolute atomic E-state index is 5.76. The highest BCUT2D eigenvalue weighted by molar-refractivity contribution is 14.1. The van der Waals surface area contributed by atoms with Gasteiger partial charge in [-0.05, 0) is 78.9 Å². The third-order valence-electron chi connectivity index (χ3n) is 2.95. The summed E-state index contributed by atoms with van der Waals surface area (Å²) in [5, 5.41) is 3.42. The molecular formula is C16H19IN2O. The summed E-state index contributed by atoms with van der Waals surface area (Å²) in [6.45, 7) is 5.28. The number of nitrogens with zero attached hydrogens (tertiary/aromatic N) is 1. The number of ether oxygens (including phenoxy) is 1. The molecule has 0 saturated carbocycles. The third-order valence-corrected chi connectivity index (χ3v) is 3.67. The zero-order valence-electron chi connectivity index (χ0n) is 11.8. The zero-order chi connectivity index (χ0) is 14.4. The van der Waals surface area contributed by atoms with Gasteiger partial charge in [-0.3, -0.25) is 4.98 Å². The Morgan fingerprint density at radius 3 is 2.45 bits per heavy atom. The van der Waals surface area contributed by atoms with E-state index in [4.69, 9.17) is 4.74 Å². The van der Waals surface area contributed by atoms with Crippen molar-refractivity contribution in [1.82, 2.24) is 10.3 Å². The number of rotatable bonds is 6. The lowest BCUT2D eigenvalue weighted by molar-refractivity contribution is 0.477. The van der Waals surface area contributed by atoms with Crippen molar-refractivity contribution in [3.8, 4) is 11.5 Å². The fraction of sp³-hybridized carbons (Fsp3) is 0.312. The first-order chi connectivity index (χ1) is 9.69. The van der Waals surface area contributed by atoms with Crippen molar-refractivity contribution >= 4 is 22.6 Å². The summed E-state index contributed by atoms with van der Waals surface area (Å²) in [5.74, 6) is 1.59. The molecule has 0 aliphatic heterocycles. The van der Waals surface area contributed by atoms with E-state index in [-0.39, 0.29) is 6.04 Å². The summed E-state index contributed by atoms with van der Waals surface area (Å²) in [6, 6.07) is 12.2. The van der Waals surface area contributed by atoms with Crippen LogP contribution in [0.4, 0.5) is 0 Å². The molecule has 20 heavy (non-hydrogen) atoms. The number of benzene rings is 1. The molecule has 0 bridgehead atoms. The number of aromatic nitrogens is 1. The molecule has 1 atom stereocenters. The molecule has 0 saturated heterocycles. The lowest BCUT2D eigenvalue weighted by Gasteiger charge is -2.13. The molecule has 0 radical (unpaired) electrons. The minimum absolute atomic E-state index is 0.266. The van der Waals surface area contributed by atoms with Crippen molar-refractivity contribution in [2.24, 2.45) is 0 Å². The SMILES string of the molecule is CCCNC(C)c1ccc(Oc2ccc(I)cc2)cn1. The molecule has 4 heteroatoms. The highest BCUT2D eigenvalue weighted by Gasteiger charge is 2.06.